The van der Waals surface area contributed by atoms with Crippen LogP contribution in [0, 0.1) is 10.1 Å². The number of hydrogen-bond donors (Lipinski definition) is 2. The van der Waals surface area contributed by atoms with Crippen molar-refractivity contribution in [1.82, 2.24) is 4.98 Å². The lowest BCUT2D eigenvalue weighted by Crippen LogP contribution is -2.11. The maximum absolute atomic E-state index is 11.3. The molecule has 0 atom stereocenters. The first-order chi connectivity index (χ1) is 17.9. The van der Waals surface area contributed by atoms with Crippen LogP contribution >= 0.6 is 11.3 Å². The number of fused-ring (bicyclic) bond motifs is 1. The first-order valence-corrected chi connectivity index (χ1v) is 14.6. The molecule has 0 bridgehead atoms. The molecule has 1 aromatic heterocycles. The van der Waals surface area contributed by atoms with Crippen molar-refractivity contribution in [2.45, 2.75) is 9.79 Å². The molecule has 0 amide bonds. The van der Waals surface area contributed by atoms with Gasteiger partial charge in [-0.15, -0.1) is 11.3 Å². The van der Waals surface area contributed by atoms with Crippen LogP contribution in [0.3, 0.4) is 0 Å². The van der Waals surface area contributed by atoms with Gasteiger partial charge in [-0.25, -0.2) is 18.5 Å². The van der Waals surface area contributed by atoms with Crippen LogP contribution in [-0.4, -0.2) is 31.3 Å². The Morgan fingerprint density at radius 2 is 1.45 bits per heavy atom. The van der Waals surface area contributed by atoms with Gasteiger partial charge in [0.2, 0.25) is 10.0 Å². The number of sulfonamides is 1. The molecule has 5 rings (SSSR count). The van der Waals surface area contributed by atoms with Gasteiger partial charge in [0.05, 0.1) is 20.4 Å². The summed E-state index contributed by atoms with van der Waals surface area (Å²) in [6.07, 6.45) is 0. The predicted molar refractivity (Wildman–Crippen MR) is 145 cm³/mol. The monoisotopic (exact) mass is 569 g/mol. The number of nitrogens with zero attached hydrogens (tertiary/aromatic N) is 2. The van der Waals surface area contributed by atoms with Gasteiger partial charge in [-0.1, -0.05) is 54.6 Å². The molecule has 3 N–H and O–H groups in total. The quantitative estimate of drug-likeness (QED) is 0.167. The van der Waals surface area contributed by atoms with Gasteiger partial charge in [0.1, 0.15) is 5.01 Å². The van der Waals surface area contributed by atoms with Crippen LogP contribution in [0.15, 0.2) is 106 Å². The molecule has 194 valence electrons. The summed E-state index contributed by atoms with van der Waals surface area (Å²) in [5, 5.41) is 20.1. The Morgan fingerprint density at radius 3 is 2.08 bits per heavy atom. The number of nitro benzene ring substituents is 1. The SMILES string of the molecule is NS(=O)(=O)c1ccc(-c2nc(-c3cccc([N+](=O)[O-])c3)cs2)cc1.O=S(=O)(O)c1ccc2ccccc2c1. The largest absolute Gasteiger partial charge is 0.294 e. The summed E-state index contributed by atoms with van der Waals surface area (Å²) in [7, 11) is -7.83. The molecule has 0 fully saturated rings. The topological polar surface area (TPSA) is 171 Å². The van der Waals surface area contributed by atoms with E-state index in [1.54, 1.807) is 41.8 Å². The maximum atomic E-state index is 11.3. The summed E-state index contributed by atoms with van der Waals surface area (Å²) < 4.78 is 53.0. The van der Waals surface area contributed by atoms with Crippen molar-refractivity contribution in [2.24, 2.45) is 5.14 Å². The van der Waals surface area contributed by atoms with Crippen molar-refractivity contribution in [3.63, 3.8) is 0 Å². The van der Waals surface area contributed by atoms with E-state index in [2.05, 4.69) is 4.98 Å². The highest BCUT2D eigenvalue weighted by Crippen LogP contribution is 2.30. The lowest BCUT2D eigenvalue weighted by atomic mass is 10.1. The molecule has 38 heavy (non-hydrogen) atoms. The molecule has 0 aliphatic heterocycles. The lowest BCUT2D eigenvalue weighted by molar-refractivity contribution is -0.384. The minimum absolute atomic E-state index is 0.000412. The van der Waals surface area contributed by atoms with Crippen molar-refractivity contribution in [3.8, 4) is 21.8 Å². The van der Waals surface area contributed by atoms with Gasteiger partial charge < -0.3 is 0 Å². The van der Waals surface area contributed by atoms with E-state index in [4.69, 9.17) is 9.69 Å². The summed E-state index contributed by atoms with van der Waals surface area (Å²) in [6.45, 7) is 0. The van der Waals surface area contributed by atoms with Crippen molar-refractivity contribution in [1.29, 1.82) is 0 Å². The molecule has 0 saturated carbocycles. The van der Waals surface area contributed by atoms with Crippen LogP contribution in [0.2, 0.25) is 0 Å². The number of hydrogen-bond acceptors (Lipinski definition) is 8. The Bertz CT molecular complexity index is 1850. The number of nitro groups is 1. The third kappa shape index (κ3) is 6.45. The van der Waals surface area contributed by atoms with Crippen LogP contribution in [0.1, 0.15) is 0 Å². The second kappa shape index (κ2) is 10.8. The average molecular weight is 570 g/mol. The maximum Gasteiger partial charge on any atom is 0.294 e. The van der Waals surface area contributed by atoms with Gasteiger partial charge in [-0.05, 0) is 35.0 Å². The number of aromatic nitrogens is 1. The number of non-ortho nitro benzene ring substituents is 1. The summed E-state index contributed by atoms with van der Waals surface area (Å²) >= 11 is 1.36. The zero-order chi connectivity index (χ0) is 27.5. The number of primary sulfonamides is 1. The summed E-state index contributed by atoms with van der Waals surface area (Å²) in [5.41, 5.74) is 2.01. The van der Waals surface area contributed by atoms with Gasteiger partial charge in [0, 0.05) is 28.6 Å². The molecular weight excluding hydrogens is 550 g/mol. The number of thiazole rings is 1. The number of benzene rings is 4. The van der Waals surface area contributed by atoms with Gasteiger partial charge in [-0.3, -0.25) is 14.7 Å². The Labute approximate surface area is 222 Å². The van der Waals surface area contributed by atoms with Crippen molar-refractivity contribution < 1.29 is 26.3 Å². The first-order valence-electron chi connectivity index (χ1n) is 10.7. The Balaban J connectivity index is 0.000000204. The third-order valence-corrected chi connectivity index (χ3v) is 7.98. The molecule has 0 aliphatic rings. The van der Waals surface area contributed by atoms with Gasteiger partial charge >= 0.3 is 0 Å². The van der Waals surface area contributed by atoms with Crippen LogP contribution in [0.4, 0.5) is 5.69 Å². The smallest absolute Gasteiger partial charge is 0.282 e. The predicted octanol–water partition coefficient (Wildman–Crippen LogP) is 5.12. The second-order valence-corrected chi connectivity index (χ2v) is 11.7. The first kappa shape index (κ1) is 27.0. The van der Waals surface area contributed by atoms with Gasteiger partial charge in [0.15, 0.2) is 0 Å². The normalized spacial score (nSPS) is 11.5. The molecule has 0 saturated heterocycles. The zero-order valence-electron chi connectivity index (χ0n) is 19.3. The molecule has 0 radical (unpaired) electrons. The minimum atomic E-state index is -4.09. The Kier molecular flexibility index (Phi) is 7.66. The van der Waals surface area contributed by atoms with Gasteiger partial charge in [0.25, 0.3) is 15.8 Å². The molecular formula is C25H19N3O7S3. The highest BCUT2D eigenvalue weighted by atomic mass is 32.2. The molecule has 0 spiro atoms. The van der Waals surface area contributed by atoms with Crippen molar-refractivity contribution >= 4 is 47.9 Å². The summed E-state index contributed by atoms with van der Waals surface area (Å²) in [6, 6.07) is 24.2. The number of rotatable bonds is 5. The van der Waals surface area contributed by atoms with E-state index in [9.17, 15) is 26.9 Å². The molecule has 10 nitrogen and oxygen atoms in total. The van der Waals surface area contributed by atoms with Crippen LogP contribution in [0.5, 0.6) is 0 Å². The van der Waals surface area contributed by atoms with E-state index in [1.807, 2.05) is 18.2 Å². The fourth-order valence-corrected chi connectivity index (χ4v) is 5.30. The molecule has 1 heterocycles. The fraction of sp³-hybridized carbons (Fsp3) is 0. The molecule has 4 aromatic carbocycles. The summed E-state index contributed by atoms with van der Waals surface area (Å²) in [4.78, 5) is 14.8. The minimum Gasteiger partial charge on any atom is -0.282 e. The lowest BCUT2D eigenvalue weighted by Gasteiger charge is -2.00. The highest BCUT2D eigenvalue weighted by Gasteiger charge is 2.12. The van der Waals surface area contributed by atoms with E-state index in [0.717, 1.165) is 16.3 Å². The van der Waals surface area contributed by atoms with Crippen LogP contribution < -0.4 is 5.14 Å². The Morgan fingerprint density at radius 1 is 0.789 bits per heavy atom. The number of nitrogens with two attached hydrogens (primary N) is 1. The molecule has 13 heteroatoms. The average Bonchev–Trinajstić information content (AvgIpc) is 3.38. The van der Waals surface area contributed by atoms with E-state index >= 15 is 0 Å². The van der Waals surface area contributed by atoms with E-state index in [-0.39, 0.29) is 15.5 Å². The van der Waals surface area contributed by atoms with Crippen molar-refractivity contribution in [3.05, 3.63) is 106 Å². The zero-order valence-corrected chi connectivity index (χ0v) is 21.8. The standard InChI is InChI=1S/C15H11N3O4S2.C10H8O3S/c16-24(21,22)13-6-4-10(5-7-13)15-17-14(9-23-15)11-2-1-3-12(8-11)18(19)20;11-14(12,13)10-6-5-8-3-1-2-4-9(8)7-10/h1-9H,(H2,16,21,22);1-7H,(H,11,12,13). The highest BCUT2D eigenvalue weighted by molar-refractivity contribution is 7.89. The van der Waals surface area contributed by atoms with Crippen LogP contribution in [0.25, 0.3) is 32.6 Å². The van der Waals surface area contributed by atoms with Crippen molar-refractivity contribution in [2.75, 3.05) is 0 Å². The van der Waals surface area contributed by atoms with Gasteiger partial charge in [-0.2, -0.15) is 8.42 Å². The van der Waals surface area contributed by atoms with E-state index in [0.29, 0.717) is 16.3 Å². The molecule has 0 unspecified atom stereocenters. The third-order valence-electron chi connectivity index (χ3n) is 5.31. The second-order valence-electron chi connectivity index (χ2n) is 7.90. The molecule has 0 aliphatic carbocycles. The summed E-state index contributed by atoms with van der Waals surface area (Å²) in [5.74, 6) is 0. The Hall–Kier alpha value is -4.01. The van der Waals surface area contributed by atoms with E-state index in [1.165, 1.54) is 47.7 Å². The van der Waals surface area contributed by atoms with Crippen LogP contribution in [-0.2, 0) is 20.1 Å². The fourth-order valence-electron chi connectivity index (χ4n) is 3.43. The molecule has 5 aromatic rings. The van der Waals surface area contributed by atoms with E-state index < -0.39 is 25.1 Å².